The minimum Gasteiger partial charge on any atom is -0.326 e. The first kappa shape index (κ1) is 16.1. The molecule has 6 nitrogen and oxygen atoms in total. The van der Waals surface area contributed by atoms with Gasteiger partial charge in [-0.25, -0.2) is 0 Å². The molecule has 3 N–H and O–H groups in total. The second-order valence-electron chi connectivity index (χ2n) is 7.44. The summed E-state index contributed by atoms with van der Waals surface area (Å²) in [5, 5.41) is 14.0. The zero-order valence-corrected chi connectivity index (χ0v) is 14.8. The van der Waals surface area contributed by atoms with Crippen molar-refractivity contribution in [2.45, 2.75) is 25.7 Å². The normalized spacial score (nSPS) is 16.3. The average Bonchev–Trinajstić information content (AvgIpc) is 3.59. The number of carbonyl (C=O) groups is 2. The van der Waals surface area contributed by atoms with Crippen LogP contribution in [-0.2, 0) is 9.59 Å². The number of aromatic nitrogens is 2. The molecule has 0 atom stereocenters. The summed E-state index contributed by atoms with van der Waals surface area (Å²) in [6.45, 7) is 0. The van der Waals surface area contributed by atoms with Gasteiger partial charge in [-0.3, -0.25) is 14.7 Å². The number of anilines is 2. The number of rotatable bonds is 5. The van der Waals surface area contributed by atoms with Crippen molar-refractivity contribution >= 4 is 34.2 Å². The Labute approximate surface area is 156 Å². The third-order valence-corrected chi connectivity index (χ3v) is 5.16. The average molecular weight is 360 g/mol. The van der Waals surface area contributed by atoms with Gasteiger partial charge in [0.05, 0.1) is 5.52 Å². The Kier molecular flexibility index (Phi) is 3.70. The Balaban J connectivity index is 1.40. The summed E-state index contributed by atoms with van der Waals surface area (Å²) in [6, 6.07) is 13.8. The van der Waals surface area contributed by atoms with Crippen LogP contribution in [0.1, 0.15) is 25.7 Å². The molecule has 5 rings (SSSR count). The number of aromatic amines is 1. The van der Waals surface area contributed by atoms with Crippen LogP contribution >= 0.6 is 0 Å². The highest BCUT2D eigenvalue weighted by atomic mass is 16.2. The van der Waals surface area contributed by atoms with E-state index in [4.69, 9.17) is 0 Å². The van der Waals surface area contributed by atoms with E-state index >= 15 is 0 Å². The molecule has 0 aliphatic heterocycles. The predicted octanol–water partition coefficient (Wildman–Crippen LogP) is 3.93. The van der Waals surface area contributed by atoms with Crippen LogP contribution < -0.4 is 10.6 Å². The van der Waals surface area contributed by atoms with E-state index < -0.39 is 0 Å². The Morgan fingerprint density at radius 2 is 1.59 bits per heavy atom. The van der Waals surface area contributed by atoms with Crippen molar-refractivity contribution in [1.29, 1.82) is 0 Å². The largest absolute Gasteiger partial charge is 0.326 e. The van der Waals surface area contributed by atoms with E-state index in [0.717, 1.165) is 53.4 Å². The number of hydrogen-bond acceptors (Lipinski definition) is 3. The van der Waals surface area contributed by atoms with Crippen LogP contribution in [-0.4, -0.2) is 22.0 Å². The van der Waals surface area contributed by atoms with Crippen LogP contribution in [0.3, 0.4) is 0 Å². The number of amides is 2. The van der Waals surface area contributed by atoms with Gasteiger partial charge < -0.3 is 10.6 Å². The topological polar surface area (TPSA) is 86.9 Å². The molecular formula is C21H20N4O2. The maximum absolute atomic E-state index is 12.0. The molecule has 2 aliphatic carbocycles. The minimum absolute atomic E-state index is 0.0478. The highest BCUT2D eigenvalue weighted by molar-refractivity contribution is 6.02. The van der Waals surface area contributed by atoms with E-state index in [1.54, 1.807) is 0 Å². The van der Waals surface area contributed by atoms with Crippen molar-refractivity contribution in [3.63, 3.8) is 0 Å². The molecule has 3 aromatic rings. The molecule has 27 heavy (non-hydrogen) atoms. The Bertz CT molecular complexity index is 1050. The Hall–Kier alpha value is -3.15. The van der Waals surface area contributed by atoms with Crippen molar-refractivity contribution in [3.05, 3.63) is 42.5 Å². The molecule has 2 fully saturated rings. The van der Waals surface area contributed by atoms with E-state index in [2.05, 4.69) is 20.8 Å². The van der Waals surface area contributed by atoms with E-state index in [1.807, 2.05) is 42.5 Å². The lowest BCUT2D eigenvalue weighted by Gasteiger charge is -2.08. The zero-order valence-electron chi connectivity index (χ0n) is 14.8. The van der Waals surface area contributed by atoms with Gasteiger partial charge in [-0.05, 0) is 61.1 Å². The molecule has 2 aromatic carbocycles. The van der Waals surface area contributed by atoms with Gasteiger partial charge in [0.1, 0.15) is 0 Å². The molecule has 0 spiro atoms. The number of nitrogens with zero attached hydrogens (tertiary/aromatic N) is 1. The van der Waals surface area contributed by atoms with Gasteiger partial charge in [0.2, 0.25) is 11.8 Å². The van der Waals surface area contributed by atoms with Crippen LogP contribution in [0.5, 0.6) is 0 Å². The van der Waals surface area contributed by atoms with Crippen LogP contribution in [0.2, 0.25) is 0 Å². The second-order valence-corrected chi connectivity index (χ2v) is 7.44. The number of nitrogens with one attached hydrogen (secondary N) is 3. The van der Waals surface area contributed by atoms with E-state index in [1.165, 1.54) is 0 Å². The second kappa shape index (κ2) is 6.23. The highest BCUT2D eigenvalue weighted by Crippen LogP contribution is 2.33. The Morgan fingerprint density at radius 3 is 2.33 bits per heavy atom. The predicted molar refractivity (Wildman–Crippen MR) is 104 cm³/mol. The fourth-order valence-electron chi connectivity index (χ4n) is 3.23. The molecule has 136 valence electrons. The van der Waals surface area contributed by atoms with Crippen molar-refractivity contribution in [1.82, 2.24) is 10.2 Å². The molecule has 0 unspecified atom stereocenters. The third kappa shape index (κ3) is 3.30. The summed E-state index contributed by atoms with van der Waals surface area (Å²) in [5.74, 6) is 1.06. The van der Waals surface area contributed by atoms with Crippen LogP contribution in [0.25, 0.3) is 22.0 Å². The lowest BCUT2D eigenvalue weighted by atomic mass is 10.0. The van der Waals surface area contributed by atoms with Gasteiger partial charge in [-0.1, -0.05) is 18.2 Å². The van der Waals surface area contributed by atoms with Gasteiger partial charge >= 0.3 is 0 Å². The van der Waals surface area contributed by atoms with E-state index in [0.29, 0.717) is 5.82 Å². The Morgan fingerprint density at radius 1 is 0.889 bits per heavy atom. The standard InChI is InChI=1S/C21H20N4O2/c26-20(12-4-5-12)22-16-3-1-2-14(10-16)15-8-9-17-18(11-15)24-25-19(17)23-21(27)13-6-7-13/h1-3,8-13H,4-7H2,(H,22,26)(H2,23,24,25,27). The monoisotopic (exact) mass is 360 g/mol. The minimum atomic E-state index is 0.0478. The lowest BCUT2D eigenvalue weighted by molar-refractivity contribution is -0.118. The SMILES string of the molecule is O=C(Nc1cccc(-c2ccc3c(NC(=O)C4CC4)n[nH]c3c2)c1)C1CC1. The summed E-state index contributed by atoms with van der Waals surface area (Å²) in [6.07, 6.45) is 3.90. The molecule has 2 amide bonds. The molecule has 6 heteroatoms. The van der Waals surface area contributed by atoms with E-state index in [-0.39, 0.29) is 23.7 Å². The summed E-state index contributed by atoms with van der Waals surface area (Å²) < 4.78 is 0. The quantitative estimate of drug-likeness (QED) is 0.644. The number of hydrogen-bond donors (Lipinski definition) is 3. The molecule has 1 heterocycles. The van der Waals surface area contributed by atoms with Crippen molar-refractivity contribution in [3.8, 4) is 11.1 Å². The van der Waals surface area contributed by atoms with Crippen LogP contribution in [0.4, 0.5) is 11.5 Å². The van der Waals surface area contributed by atoms with Crippen LogP contribution in [0.15, 0.2) is 42.5 Å². The molecular weight excluding hydrogens is 340 g/mol. The third-order valence-electron chi connectivity index (χ3n) is 5.16. The van der Waals surface area contributed by atoms with Crippen molar-refractivity contribution in [2.24, 2.45) is 11.8 Å². The zero-order chi connectivity index (χ0) is 18.4. The van der Waals surface area contributed by atoms with E-state index in [9.17, 15) is 9.59 Å². The maximum Gasteiger partial charge on any atom is 0.228 e. The fourth-order valence-corrected chi connectivity index (χ4v) is 3.23. The van der Waals surface area contributed by atoms with Gasteiger partial charge in [0.15, 0.2) is 5.82 Å². The summed E-state index contributed by atoms with van der Waals surface area (Å²) in [7, 11) is 0. The lowest BCUT2D eigenvalue weighted by Crippen LogP contribution is -2.13. The number of H-pyrrole nitrogens is 1. The molecule has 2 saturated carbocycles. The fraction of sp³-hybridized carbons (Fsp3) is 0.286. The number of fused-ring (bicyclic) bond motifs is 1. The van der Waals surface area contributed by atoms with Gasteiger partial charge in [-0.2, -0.15) is 5.10 Å². The van der Waals surface area contributed by atoms with Crippen molar-refractivity contribution < 1.29 is 9.59 Å². The van der Waals surface area contributed by atoms with Crippen molar-refractivity contribution in [2.75, 3.05) is 10.6 Å². The first-order chi connectivity index (χ1) is 13.2. The summed E-state index contributed by atoms with van der Waals surface area (Å²) in [4.78, 5) is 24.0. The highest BCUT2D eigenvalue weighted by Gasteiger charge is 2.30. The molecule has 0 saturated heterocycles. The van der Waals surface area contributed by atoms with Gasteiger partial charge in [0, 0.05) is 22.9 Å². The van der Waals surface area contributed by atoms with Gasteiger partial charge in [-0.15, -0.1) is 0 Å². The smallest absolute Gasteiger partial charge is 0.228 e. The van der Waals surface area contributed by atoms with Crippen LogP contribution in [0, 0.1) is 11.8 Å². The molecule has 0 radical (unpaired) electrons. The summed E-state index contributed by atoms with van der Waals surface area (Å²) >= 11 is 0. The number of benzene rings is 2. The maximum atomic E-state index is 12.0. The molecule has 0 bridgehead atoms. The summed E-state index contributed by atoms with van der Waals surface area (Å²) in [5.41, 5.74) is 3.72. The first-order valence-electron chi connectivity index (χ1n) is 9.38. The van der Waals surface area contributed by atoms with Gasteiger partial charge in [0.25, 0.3) is 0 Å². The molecule has 1 aromatic heterocycles. The number of carbonyl (C=O) groups excluding carboxylic acids is 2. The first-order valence-corrected chi connectivity index (χ1v) is 9.38. The molecule has 2 aliphatic rings.